The Morgan fingerprint density at radius 2 is 2.25 bits per heavy atom. The molecule has 0 unspecified atom stereocenters. The Balaban J connectivity index is 2.40. The highest BCUT2D eigenvalue weighted by atomic mass is 35.5. The van der Waals surface area contributed by atoms with Gasteiger partial charge in [0.1, 0.15) is 4.90 Å². The Hall–Kier alpha value is -2.01. The molecule has 0 saturated carbocycles. The van der Waals surface area contributed by atoms with Crippen LogP contribution in [0, 0.1) is 11.8 Å². The van der Waals surface area contributed by atoms with Crippen LogP contribution in [0.25, 0.3) is 0 Å². The number of H-pyrrole nitrogens is 1. The minimum absolute atomic E-state index is 0.0233. The lowest BCUT2D eigenvalue weighted by Gasteiger charge is -2.08. The molecule has 0 aliphatic heterocycles. The van der Waals surface area contributed by atoms with Gasteiger partial charge in [-0.15, -0.1) is 0 Å². The van der Waals surface area contributed by atoms with Crippen molar-refractivity contribution < 1.29 is 8.42 Å². The molecule has 1 heterocycles. The summed E-state index contributed by atoms with van der Waals surface area (Å²) in [6.07, 6.45) is 2.48. The topological polar surface area (TPSA) is 101 Å². The maximum atomic E-state index is 12.1. The minimum atomic E-state index is -3.74. The van der Waals surface area contributed by atoms with E-state index in [0.29, 0.717) is 16.3 Å². The molecule has 0 aliphatic rings. The van der Waals surface area contributed by atoms with Crippen LogP contribution in [0.1, 0.15) is 5.56 Å². The molecule has 0 bridgehead atoms. The lowest BCUT2D eigenvalue weighted by atomic mass is 10.2. The molecule has 4 N–H and O–H groups in total. The van der Waals surface area contributed by atoms with Crippen molar-refractivity contribution in [2.75, 3.05) is 11.3 Å². The first kappa shape index (κ1) is 14.4. The summed E-state index contributed by atoms with van der Waals surface area (Å²) in [5, 5.41) is 6.44. The molecule has 1 aromatic heterocycles. The smallest absolute Gasteiger partial charge is 0.265 e. The second-order valence-electron chi connectivity index (χ2n) is 3.74. The van der Waals surface area contributed by atoms with Gasteiger partial charge in [-0.1, -0.05) is 23.4 Å². The number of nitrogens with one attached hydrogen (secondary N) is 2. The second-order valence-corrected chi connectivity index (χ2v) is 5.85. The molecule has 0 amide bonds. The third-order valence-corrected chi connectivity index (χ3v) is 3.90. The van der Waals surface area contributed by atoms with Crippen molar-refractivity contribution in [2.45, 2.75) is 4.90 Å². The van der Waals surface area contributed by atoms with Crippen molar-refractivity contribution in [1.29, 1.82) is 0 Å². The molecule has 2 aromatic rings. The SMILES string of the molecule is NCC#Cc1ccc(Cl)cc1NS(=O)(=O)c1cn[nH]c1. The van der Waals surface area contributed by atoms with E-state index in [9.17, 15) is 8.42 Å². The number of anilines is 1. The van der Waals surface area contributed by atoms with Crippen LogP contribution in [-0.4, -0.2) is 25.2 Å². The van der Waals surface area contributed by atoms with Gasteiger partial charge in [0.05, 0.1) is 18.4 Å². The molecule has 0 saturated heterocycles. The van der Waals surface area contributed by atoms with Crippen LogP contribution < -0.4 is 10.5 Å². The summed E-state index contributed by atoms with van der Waals surface area (Å²) >= 11 is 5.88. The minimum Gasteiger partial charge on any atom is -0.320 e. The highest BCUT2D eigenvalue weighted by molar-refractivity contribution is 7.92. The first-order valence-corrected chi connectivity index (χ1v) is 7.39. The van der Waals surface area contributed by atoms with Crippen molar-refractivity contribution in [2.24, 2.45) is 5.73 Å². The predicted molar refractivity (Wildman–Crippen MR) is 76.8 cm³/mol. The maximum absolute atomic E-state index is 12.1. The lowest BCUT2D eigenvalue weighted by molar-refractivity contribution is 0.601. The van der Waals surface area contributed by atoms with Gasteiger partial charge in [0, 0.05) is 16.8 Å². The van der Waals surface area contributed by atoms with Crippen LogP contribution in [0.5, 0.6) is 0 Å². The largest absolute Gasteiger partial charge is 0.320 e. The number of benzene rings is 1. The number of hydrogen-bond donors (Lipinski definition) is 3. The summed E-state index contributed by atoms with van der Waals surface area (Å²) in [5.41, 5.74) is 6.09. The van der Waals surface area contributed by atoms with E-state index in [4.69, 9.17) is 17.3 Å². The summed E-state index contributed by atoms with van der Waals surface area (Å²) in [5.74, 6) is 5.45. The van der Waals surface area contributed by atoms with Gasteiger partial charge in [0.2, 0.25) is 0 Å². The van der Waals surface area contributed by atoms with Crippen molar-refractivity contribution in [3.63, 3.8) is 0 Å². The van der Waals surface area contributed by atoms with Crippen LogP contribution >= 0.6 is 11.6 Å². The highest BCUT2D eigenvalue weighted by Crippen LogP contribution is 2.23. The zero-order chi connectivity index (χ0) is 14.6. The van der Waals surface area contributed by atoms with E-state index in [1.807, 2.05) is 0 Å². The molecule has 104 valence electrons. The summed E-state index contributed by atoms with van der Waals surface area (Å²) in [4.78, 5) is 0.0233. The first-order chi connectivity index (χ1) is 9.53. The van der Waals surface area contributed by atoms with E-state index >= 15 is 0 Å². The Morgan fingerprint density at radius 1 is 1.45 bits per heavy atom. The maximum Gasteiger partial charge on any atom is 0.265 e. The van der Waals surface area contributed by atoms with E-state index in [1.165, 1.54) is 18.5 Å². The van der Waals surface area contributed by atoms with Gasteiger partial charge in [0.25, 0.3) is 10.0 Å². The van der Waals surface area contributed by atoms with Gasteiger partial charge in [-0.25, -0.2) is 8.42 Å². The number of hydrogen-bond acceptors (Lipinski definition) is 4. The van der Waals surface area contributed by atoms with E-state index in [-0.39, 0.29) is 11.4 Å². The fraction of sp³-hybridized carbons (Fsp3) is 0.0833. The third kappa shape index (κ3) is 3.30. The van der Waals surface area contributed by atoms with Crippen LogP contribution in [0.2, 0.25) is 5.02 Å². The molecular formula is C12H11ClN4O2S. The third-order valence-electron chi connectivity index (χ3n) is 2.33. The molecule has 0 fully saturated rings. The summed E-state index contributed by atoms with van der Waals surface area (Å²) in [6, 6.07) is 4.73. The Bertz CT molecular complexity index is 760. The van der Waals surface area contributed by atoms with Crippen LogP contribution in [-0.2, 0) is 10.0 Å². The first-order valence-electron chi connectivity index (χ1n) is 5.53. The molecule has 2 rings (SSSR count). The van der Waals surface area contributed by atoms with Gasteiger partial charge < -0.3 is 5.73 Å². The van der Waals surface area contributed by atoms with E-state index in [0.717, 1.165) is 0 Å². The van der Waals surface area contributed by atoms with E-state index in [1.54, 1.807) is 12.1 Å². The molecule has 8 heteroatoms. The monoisotopic (exact) mass is 310 g/mol. The molecule has 6 nitrogen and oxygen atoms in total. The predicted octanol–water partition coefficient (Wildman–Crippen LogP) is 1.17. The second kappa shape index (κ2) is 5.96. The van der Waals surface area contributed by atoms with Gasteiger partial charge >= 0.3 is 0 Å². The molecule has 1 aromatic carbocycles. The number of aromatic amines is 1. The molecule has 0 spiro atoms. The average Bonchev–Trinajstić information content (AvgIpc) is 2.92. The van der Waals surface area contributed by atoms with Gasteiger partial charge in [-0.3, -0.25) is 9.82 Å². The Labute approximate surface area is 121 Å². The van der Waals surface area contributed by atoms with Crippen molar-refractivity contribution in [1.82, 2.24) is 10.2 Å². The molecule has 0 radical (unpaired) electrons. The Morgan fingerprint density at radius 3 is 2.90 bits per heavy atom. The fourth-order valence-corrected chi connectivity index (χ4v) is 2.59. The quantitative estimate of drug-likeness (QED) is 0.741. The average molecular weight is 311 g/mol. The van der Waals surface area contributed by atoms with Gasteiger partial charge in [0.15, 0.2) is 0 Å². The molecule has 0 aliphatic carbocycles. The number of aromatic nitrogens is 2. The van der Waals surface area contributed by atoms with Crippen LogP contribution in [0.15, 0.2) is 35.5 Å². The zero-order valence-electron chi connectivity index (χ0n) is 10.2. The molecule has 20 heavy (non-hydrogen) atoms. The number of nitrogens with zero attached hydrogens (tertiary/aromatic N) is 1. The normalized spacial score (nSPS) is 10.7. The number of rotatable bonds is 3. The highest BCUT2D eigenvalue weighted by Gasteiger charge is 2.16. The van der Waals surface area contributed by atoms with Crippen LogP contribution in [0.3, 0.4) is 0 Å². The standard InChI is InChI=1S/C12H11ClN4O2S/c13-10-4-3-9(2-1-5-14)12(6-10)17-20(18,19)11-7-15-16-8-11/h3-4,6-8,17H,5,14H2,(H,15,16). The molecule has 0 atom stereocenters. The fourth-order valence-electron chi connectivity index (χ4n) is 1.45. The number of nitrogens with two attached hydrogens (primary N) is 1. The lowest BCUT2D eigenvalue weighted by Crippen LogP contribution is -2.13. The van der Waals surface area contributed by atoms with Crippen molar-refractivity contribution >= 4 is 27.3 Å². The summed E-state index contributed by atoms with van der Waals surface area (Å²) in [7, 11) is -3.74. The summed E-state index contributed by atoms with van der Waals surface area (Å²) < 4.78 is 26.6. The van der Waals surface area contributed by atoms with Crippen molar-refractivity contribution in [3.05, 3.63) is 41.2 Å². The van der Waals surface area contributed by atoms with E-state index in [2.05, 4.69) is 26.8 Å². The summed E-state index contributed by atoms with van der Waals surface area (Å²) in [6.45, 7) is 0.177. The van der Waals surface area contributed by atoms with Crippen LogP contribution in [0.4, 0.5) is 5.69 Å². The number of halogens is 1. The van der Waals surface area contributed by atoms with Gasteiger partial charge in [-0.2, -0.15) is 5.10 Å². The Kier molecular flexibility index (Phi) is 4.29. The van der Waals surface area contributed by atoms with E-state index < -0.39 is 10.0 Å². The van der Waals surface area contributed by atoms with Gasteiger partial charge in [-0.05, 0) is 18.2 Å². The number of sulfonamides is 1. The van der Waals surface area contributed by atoms with Crippen molar-refractivity contribution in [3.8, 4) is 11.8 Å². The molecular weight excluding hydrogens is 300 g/mol. The zero-order valence-corrected chi connectivity index (χ0v) is 11.8.